The summed E-state index contributed by atoms with van der Waals surface area (Å²) in [5.41, 5.74) is 4.19. The molecule has 3 atom stereocenters. The number of rotatable bonds is 18. The maximum atomic E-state index is 12.9. The number of methoxy groups -OCH3 is 4. The molecule has 3 amide bonds. The zero-order chi connectivity index (χ0) is 86.5. The van der Waals surface area contributed by atoms with Crippen LogP contribution in [0.5, 0.6) is 0 Å². The van der Waals surface area contributed by atoms with Gasteiger partial charge in [0.25, 0.3) is 28.8 Å². The van der Waals surface area contributed by atoms with E-state index in [1.165, 1.54) is 127 Å². The number of nitrogens with zero attached hydrogens (tertiary/aromatic N) is 4. The monoisotopic (exact) mass is 1870 g/mol. The topological polar surface area (TPSA) is 528 Å². The number of aromatic nitrogens is 4. The number of ether oxygens (including phenoxy) is 7. The van der Waals surface area contributed by atoms with Gasteiger partial charge >= 0.3 is 92.4 Å². The number of nitrogens with one attached hydrogen (secondary N) is 2. The molecular formula is C88H99Br2Li3N6O28-2. The second-order valence-corrected chi connectivity index (χ2v) is 26.8. The smallest absolute Gasteiger partial charge is 0.870 e. The van der Waals surface area contributed by atoms with E-state index in [9.17, 15) is 81.8 Å². The number of fused-ring (bicyclic) bond motifs is 5. The molecule has 0 radical (unpaired) electrons. The first-order chi connectivity index (χ1) is 55.7. The maximum Gasteiger partial charge on any atom is 1.00 e. The van der Waals surface area contributed by atoms with Crippen LogP contribution in [-0.4, -0.2) is 215 Å². The van der Waals surface area contributed by atoms with E-state index in [4.69, 9.17) is 24.4 Å². The van der Waals surface area contributed by atoms with Gasteiger partial charge in [-0.05, 0) is 180 Å². The van der Waals surface area contributed by atoms with Crippen LogP contribution >= 0.6 is 31.9 Å². The molecule has 13 rings (SSSR count). The number of carboxylic acid groups (broad SMARTS) is 3. The van der Waals surface area contributed by atoms with Gasteiger partial charge in [-0.1, -0.05) is 69.2 Å². The minimum atomic E-state index is -1.44. The van der Waals surface area contributed by atoms with Crippen molar-refractivity contribution in [3.8, 4) is 0 Å². The number of carboxylic acids is 3. The number of imide groups is 1. The molecule has 0 saturated carbocycles. The van der Waals surface area contributed by atoms with E-state index in [1.54, 1.807) is 80.2 Å². The second-order valence-electron chi connectivity index (χ2n) is 25.1. The Kier molecular flexibility index (Phi) is 58.8. The molecule has 2 bridgehead atoms. The molecule has 39 heteroatoms. The average molecular weight is 1870 g/mol. The number of hydrogen-bond donors (Lipinski definition) is 4. The molecule has 7 aromatic carbocycles. The Morgan fingerprint density at radius 1 is 0.535 bits per heavy atom. The summed E-state index contributed by atoms with van der Waals surface area (Å²) in [6.45, 7) is 14.8. The Bertz CT molecular complexity index is 5400. The number of carbonyl (C=O) groups excluding carboxylic acids is 12. The molecule has 0 aliphatic carbocycles. The van der Waals surface area contributed by atoms with Gasteiger partial charge in [0.2, 0.25) is 0 Å². The van der Waals surface area contributed by atoms with Crippen LogP contribution in [0.25, 0.3) is 21.5 Å². The Morgan fingerprint density at radius 3 is 1.38 bits per heavy atom. The van der Waals surface area contributed by atoms with Gasteiger partial charge in [0.1, 0.15) is 5.78 Å². The zero-order valence-electron chi connectivity index (χ0n) is 68.2. The molecule has 668 valence electrons. The number of H-pyrrole nitrogens is 2. The van der Waals surface area contributed by atoms with Crippen LogP contribution in [0.15, 0.2) is 165 Å². The van der Waals surface area contributed by atoms with E-state index in [0.29, 0.717) is 91.8 Å². The fourth-order valence-corrected chi connectivity index (χ4v) is 12.4. The normalized spacial score (nSPS) is 12.9. The third-order valence-corrected chi connectivity index (χ3v) is 18.7. The predicted octanol–water partition coefficient (Wildman–Crippen LogP) is 3.43. The van der Waals surface area contributed by atoms with Gasteiger partial charge in [-0.3, -0.25) is 38.5 Å². The van der Waals surface area contributed by atoms with Crippen molar-refractivity contribution in [2.75, 3.05) is 61.4 Å². The molecular weight excluding hydrogens is 1770 g/mol. The number of halogens is 2. The van der Waals surface area contributed by atoms with E-state index in [0.717, 1.165) is 37.3 Å². The van der Waals surface area contributed by atoms with Crippen LogP contribution in [0.4, 0.5) is 0 Å². The largest absolute Gasteiger partial charge is 1.00 e. The fourth-order valence-electron chi connectivity index (χ4n) is 11.3. The Morgan fingerprint density at radius 2 is 0.945 bits per heavy atom. The molecule has 34 nitrogen and oxygen atoms in total. The van der Waals surface area contributed by atoms with Crippen molar-refractivity contribution in [1.82, 2.24) is 30.2 Å². The summed E-state index contributed by atoms with van der Waals surface area (Å²) < 4.78 is 34.3. The number of benzene rings is 7. The fraction of sp³-hybridized carbons (Fsp3) is 0.295. The Balaban J connectivity index is -0.000000447. The molecule has 4 aliphatic heterocycles. The van der Waals surface area contributed by atoms with Gasteiger partial charge in [0, 0.05) is 30.8 Å². The van der Waals surface area contributed by atoms with E-state index in [2.05, 4.69) is 84.7 Å². The van der Waals surface area contributed by atoms with Gasteiger partial charge < -0.3 is 78.7 Å². The van der Waals surface area contributed by atoms with Crippen molar-refractivity contribution in [1.29, 1.82) is 0 Å². The number of aromatic carboxylic acids is 3. The number of aryl methyl sites for hydroxylation is 2. The summed E-state index contributed by atoms with van der Waals surface area (Å²) in [4.78, 5) is 183. The van der Waals surface area contributed by atoms with Crippen LogP contribution in [0.3, 0.4) is 0 Å². The van der Waals surface area contributed by atoms with E-state index < -0.39 is 47.6 Å². The minimum Gasteiger partial charge on any atom is -0.870 e. The molecule has 3 fully saturated rings. The Hall–Kier alpha value is -11.5. The predicted molar refractivity (Wildman–Crippen MR) is 463 cm³/mol. The molecule has 0 spiro atoms. The number of Topliss-reactive ketones (excluding diaryl/α,β-unsaturated/α-hetero) is 2. The molecule has 6 N–H and O–H groups in total. The molecule has 2 aromatic heterocycles. The second kappa shape index (κ2) is 60.3. The van der Waals surface area contributed by atoms with E-state index >= 15 is 0 Å². The molecule has 3 saturated heterocycles. The van der Waals surface area contributed by atoms with Crippen molar-refractivity contribution in [2.24, 2.45) is 0 Å². The van der Waals surface area contributed by atoms with Gasteiger partial charge in [0.15, 0.2) is 5.78 Å². The summed E-state index contributed by atoms with van der Waals surface area (Å²) >= 11 is 6.15. The van der Waals surface area contributed by atoms with Crippen molar-refractivity contribution in [3.63, 3.8) is 0 Å². The summed E-state index contributed by atoms with van der Waals surface area (Å²) in [5.74, 6) is -6.85. The standard InChI is InChI=1S/C16H17N3O3.C12H12O5.C11H9NO3.C10H9BrO4.C10H7N2O2.C10H7O4.C8H5BrO4.C6H12O.5CH4.3Li.2H2O/c1-9-14-6-10(2-5-13(14)15(20)18-17-9)16(21)19-11-3-4-12(19)8-22-7-11;1-7(13)10-6-8(11(14)16-2)4-5-9(10)12(15)17-3;13-10-8-3-1-2-4-9(8)11(14)12(10)5-7-6-15-7;1-14-9(12)6-3-4-7(8(11)5-6)10(13)15-2;1-6-9-4-7(5-13)2-3-8(9)10(14)12-11-6;1-6(12)9-4-7(5-11)2-3-8(9)10(13)14;9-6-3-4(7(10)11)1-2-5(6)8(12)13;1-3-5-6-7-4-2;;;;;;;;;;/h2,5-6,11-12H,3-4,7-8H2,1H3,(H,18,20);4-6H,1-3H3;1-4,7H,5-6H2;3-5H,1-2H3;2-4H,1H3,(H,12,14);2-4H,1H3,(H,13,14);1-3H,(H,10,11)(H,12,13);4H,2-3,5-6H2,1H3;5*1H4;;;;2*1H2/q;;;;2*-1;;;;;;;;3*+1;;/p-3/t;;7-;;;;;;;;;;;;;;;/m..0.............../s1. The third kappa shape index (κ3) is 34.3. The number of epoxide rings is 1. The first kappa shape index (κ1) is 124. The van der Waals surface area contributed by atoms with Crippen LogP contribution in [-0.2, 0) is 42.7 Å². The average Bonchev–Trinajstić information content (AvgIpc) is 1.68. The number of esters is 4. The summed E-state index contributed by atoms with van der Waals surface area (Å²) in [6, 6.07) is 33.2. The first-order valence-corrected chi connectivity index (χ1v) is 36.7. The number of amides is 3. The number of carbonyl (C=O) groups is 12. The van der Waals surface area contributed by atoms with Gasteiger partial charge in [-0.2, -0.15) is 39.5 Å². The van der Waals surface area contributed by atoms with E-state index in [-0.39, 0.29) is 206 Å². The maximum absolute atomic E-state index is 12.9. The van der Waals surface area contributed by atoms with Crippen molar-refractivity contribution in [2.45, 2.75) is 116 Å². The number of hydrogen-bond acceptors (Lipinski definition) is 28. The van der Waals surface area contributed by atoms with E-state index in [1.807, 2.05) is 11.8 Å². The molecule has 6 heterocycles. The minimum absolute atomic E-state index is 0. The first-order valence-electron chi connectivity index (χ1n) is 35.1. The van der Waals surface area contributed by atoms with Crippen molar-refractivity contribution >= 4 is 137 Å². The SMILES string of the molecule is C.C.C.C.C.C=COCCCC.CC(=O)c1cc([C-]=O)ccc1C(=O)[O-].COC(=O)c1ccc(C(=O)OC)c(Br)c1.COC(=O)c1ccc(C(=O)OC)c(C(C)=O)c1.Cc1n[nH]c(=O)c2ccc(C(=O)N3C4CCC3COC4)cc12.Cc1n[nH]c(=O)c2ccc([C-]=O)cc12.O=C(O)c1ccc(C(=O)O)c(Br)c1.O=C1c2ccccc2C(=O)N1C[C@H]1CO1.[Li+].[Li+].[Li+].[OH-].[OH-]. The van der Waals surface area contributed by atoms with Crippen LogP contribution < -0.4 is 72.8 Å². The number of aromatic amines is 2. The number of morpholine rings is 1. The van der Waals surface area contributed by atoms with Gasteiger partial charge in [-0.25, -0.2) is 39.0 Å². The number of unbranched alkanes of at least 4 members (excludes halogenated alkanes) is 1. The molecule has 9 aromatic rings. The van der Waals surface area contributed by atoms with Gasteiger partial charge in [-0.15, -0.1) is 18.2 Å². The summed E-state index contributed by atoms with van der Waals surface area (Å²) in [6.07, 6.45) is 9.21. The van der Waals surface area contributed by atoms with Crippen LogP contribution in [0.1, 0.15) is 230 Å². The summed E-state index contributed by atoms with van der Waals surface area (Å²) in [5, 5.41) is 42.9. The Labute approximate surface area is 787 Å². The molecule has 127 heavy (non-hydrogen) atoms. The van der Waals surface area contributed by atoms with Crippen molar-refractivity contribution in [3.05, 3.63) is 265 Å². The summed E-state index contributed by atoms with van der Waals surface area (Å²) in [7, 11) is 5.05. The van der Waals surface area contributed by atoms with Gasteiger partial charge in [0.05, 0.1) is 166 Å². The van der Waals surface area contributed by atoms with Crippen molar-refractivity contribution < 1.29 is 183 Å². The number of ketones is 2. The quantitative estimate of drug-likeness (QED) is 0.0110. The van der Waals surface area contributed by atoms with Crippen LogP contribution in [0.2, 0.25) is 0 Å². The molecule has 2 unspecified atom stereocenters. The molecule has 4 aliphatic rings. The van der Waals surface area contributed by atoms with Crippen LogP contribution in [0, 0.1) is 13.8 Å². The third-order valence-electron chi connectivity index (χ3n) is 17.4. The zero-order valence-corrected chi connectivity index (χ0v) is 71.4.